The van der Waals surface area contributed by atoms with E-state index in [0.29, 0.717) is 13.0 Å². The summed E-state index contributed by atoms with van der Waals surface area (Å²) in [7, 11) is 0. The van der Waals surface area contributed by atoms with Gasteiger partial charge < -0.3 is 9.47 Å². The molecule has 1 aliphatic heterocycles. The molecule has 1 spiro atoms. The van der Waals surface area contributed by atoms with Crippen LogP contribution >= 0.6 is 0 Å². The number of carbonyl (C=O) groups is 1. The van der Waals surface area contributed by atoms with Gasteiger partial charge in [-0.05, 0) is 19.8 Å². The number of Topliss-reactive ketones (excluding diaryl/α,β-unsaturated/α-hetero) is 1. The van der Waals surface area contributed by atoms with Crippen LogP contribution in [0, 0.1) is 0 Å². The van der Waals surface area contributed by atoms with Gasteiger partial charge in [-0.25, -0.2) is 0 Å². The predicted molar refractivity (Wildman–Crippen MR) is 43.0 cm³/mol. The fourth-order valence-electron chi connectivity index (χ4n) is 2.08. The Morgan fingerprint density at radius 2 is 2.58 bits per heavy atom. The molecule has 2 fully saturated rings. The van der Waals surface area contributed by atoms with Gasteiger partial charge in [0.1, 0.15) is 6.10 Å². The smallest absolute Gasteiger partial charge is 0.170 e. The zero-order chi connectivity index (χ0) is 8.60. The topological polar surface area (TPSA) is 35.5 Å². The van der Waals surface area contributed by atoms with Gasteiger partial charge in [0.05, 0.1) is 0 Å². The molecular formula is C9H14O3. The average Bonchev–Trinajstić information content (AvgIpc) is 2.55. The van der Waals surface area contributed by atoms with Crippen molar-refractivity contribution in [2.75, 3.05) is 13.2 Å². The highest BCUT2D eigenvalue weighted by Crippen LogP contribution is 2.42. The molecule has 0 bridgehead atoms. The number of rotatable bonds is 2. The summed E-state index contributed by atoms with van der Waals surface area (Å²) < 4.78 is 10.9. The van der Waals surface area contributed by atoms with Crippen LogP contribution < -0.4 is 0 Å². The van der Waals surface area contributed by atoms with Gasteiger partial charge in [-0.2, -0.15) is 0 Å². The van der Waals surface area contributed by atoms with Crippen LogP contribution in [-0.4, -0.2) is 30.7 Å². The lowest BCUT2D eigenvalue weighted by atomic mass is 9.73. The Hall–Kier alpha value is -0.410. The van der Waals surface area contributed by atoms with Gasteiger partial charge in [0.25, 0.3) is 0 Å². The van der Waals surface area contributed by atoms with E-state index in [1.807, 2.05) is 6.92 Å². The standard InChI is InChI=1S/C9H14O3/c1-2-11-8-6-7(10)9(8)4-3-5-12-9/h8H,2-6H2,1H3. The molecule has 3 nitrogen and oxygen atoms in total. The summed E-state index contributed by atoms with van der Waals surface area (Å²) in [6.45, 7) is 3.34. The first-order valence-corrected chi connectivity index (χ1v) is 4.58. The highest BCUT2D eigenvalue weighted by molar-refractivity contribution is 5.95. The summed E-state index contributed by atoms with van der Waals surface area (Å²) >= 11 is 0. The maximum atomic E-state index is 11.3. The summed E-state index contributed by atoms with van der Waals surface area (Å²) in [4.78, 5) is 11.3. The van der Waals surface area contributed by atoms with Crippen molar-refractivity contribution in [3.8, 4) is 0 Å². The fraction of sp³-hybridized carbons (Fsp3) is 0.889. The van der Waals surface area contributed by atoms with Crippen LogP contribution in [0.25, 0.3) is 0 Å². The largest absolute Gasteiger partial charge is 0.375 e. The second-order valence-corrected chi connectivity index (χ2v) is 3.41. The van der Waals surface area contributed by atoms with Crippen LogP contribution in [0.5, 0.6) is 0 Å². The maximum absolute atomic E-state index is 11.3. The second-order valence-electron chi connectivity index (χ2n) is 3.41. The minimum Gasteiger partial charge on any atom is -0.375 e. The third-order valence-corrected chi connectivity index (χ3v) is 2.78. The highest BCUT2D eigenvalue weighted by Gasteiger charge is 2.58. The molecule has 2 atom stereocenters. The van der Waals surface area contributed by atoms with Crippen LogP contribution in [0.1, 0.15) is 26.2 Å². The van der Waals surface area contributed by atoms with E-state index in [4.69, 9.17) is 9.47 Å². The summed E-state index contributed by atoms with van der Waals surface area (Å²) in [6, 6.07) is 0. The maximum Gasteiger partial charge on any atom is 0.170 e. The van der Waals surface area contributed by atoms with Crippen LogP contribution in [0.4, 0.5) is 0 Å². The van der Waals surface area contributed by atoms with Crippen LogP contribution in [0.2, 0.25) is 0 Å². The Balaban J connectivity index is 2.05. The van der Waals surface area contributed by atoms with E-state index in [9.17, 15) is 4.79 Å². The molecule has 2 aliphatic rings. The summed E-state index contributed by atoms with van der Waals surface area (Å²) in [5.41, 5.74) is -0.518. The fourth-order valence-corrected chi connectivity index (χ4v) is 2.08. The van der Waals surface area contributed by atoms with E-state index in [2.05, 4.69) is 0 Å². The first-order chi connectivity index (χ1) is 5.79. The Morgan fingerprint density at radius 1 is 1.75 bits per heavy atom. The van der Waals surface area contributed by atoms with E-state index in [0.717, 1.165) is 19.4 Å². The zero-order valence-corrected chi connectivity index (χ0v) is 7.34. The molecule has 0 N–H and O–H groups in total. The molecule has 2 rings (SSSR count). The van der Waals surface area contributed by atoms with E-state index in [-0.39, 0.29) is 11.9 Å². The molecule has 0 amide bonds. The van der Waals surface area contributed by atoms with Crippen molar-refractivity contribution >= 4 is 5.78 Å². The van der Waals surface area contributed by atoms with E-state index in [1.54, 1.807) is 0 Å². The quantitative estimate of drug-likeness (QED) is 0.618. The first kappa shape index (κ1) is 8.20. The molecule has 3 heteroatoms. The van der Waals surface area contributed by atoms with Gasteiger partial charge in [0.15, 0.2) is 11.4 Å². The summed E-state index contributed by atoms with van der Waals surface area (Å²) in [5, 5.41) is 0. The van der Waals surface area contributed by atoms with Crippen LogP contribution in [0.15, 0.2) is 0 Å². The normalized spacial score (nSPS) is 40.4. The number of carbonyl (C=O) groups excluding carboxylic acids is 1. The molecule has 0 radical (unpaired) electrons. The molecule has 2 unspecified atom stereocenters. The summed E-state index contributed by atoms with van der Waals surface area (Å²) in [5.74, 6) is 0.235. The number of hydrogen-bond donors (Lipinski definition) is 0. The van der Waals surface area contributed by atoms with E-state index >= 15 is 0 Å². The molecule has 1 saturated carbocycles. The minimum absolute atomic E-state index is 0.0394. The Kier molecular flexibility index (Phi) is 1.93. The zero-order valence-electron chi connectivity index (χ0n) is 7.34. The molecule has 0 aromatic heterocycles. The summed E-state index contributed by atoms with van der Waals surface area (Å²) in [6.07, 6.45) is 2.44. The lowest BCUT2D eigenvalue weighted by Crippen LogP contribution is -2.61. The number of ether oxygens (including phenoxy) is 2. The van der Waals surface area contributed by atoms with Crippen molar-refractivity contribution in [3.05, 3.63) is 0 Å². The van der Waals surface area contributed by atoms with Crippen molar-refractivity contribution in [3.63, 3.8) is 0 Å². The number of ketones is 1. The molecule has 12 heavy (non-hydrogen) atoms. The third-order valence-electron chi connectivity index (χ3n) is 2.78. The van der Waals surface area contributed by atoms with Gasteiger partial charge in [0, 0.05) is 19.6 Å². The monoisotopic (exact) mass is 170 g/mol. The Bertz CT molecular complexity index is 194. The van der Waals surface area contributed by atoms with Crippen molar-refractivity contribution in [2.45, 2.75) is 37.9 Å². The van der Waals surface area contributed by atoms with Gasteiger partial charge in [-0.1, -0.05) is 0 Å². The molecule has 1 saturated heterocycles. The Morgan fingerprint density at radius 3 is 3.08 bits per heavy atom. The van der Waals surface area contributed by atoms with E-state index in [1.165, 1.54) is 0 Å². The predicted octanol–water partition coefficient (Wildman–Crippen LogP) is 0.913. The Labute approximate surface area is 72.0 Å². The lowest BCUT2D eigenvalue weighted by Gasteiger charge is -2.43. The molecule has 0 aromatic rings. The molecule has 1 heterocycles. The van der Waals surface area contributed by atoms with Crippen molar-refractivity contribution in [2.24, 2.45) is 0 Å². The van der Waals surface area contributed by atoms with Crippen molar-refractivity contribution in [1.82, 2.24) is 0 Å². The SMILES string of the molecule is CCOC1CC(=O)C12CCCO2. The minimum atomic E-state index is -0.518. The molecule has 1 aliphatic carbocycles. The molecular weight excluding hydrogens is 156 g/mol. The first-order valence-electron chi connectivity index (χ1n) is 4.58. The van der Waals surface area contributed by atoms with Crippen LogP contribution in [0.3, 0.4) is 0 Å². The van der Waals surface area contributed by atoms with Gasteiger partial charge in [-0.3, -0.25) is 4.79 Å². The molecule has 0 aromatic carbocycles. The van der Waals surface area contributed by atoms with Crippen molar-refractivity contribution < 1.29 is 14.3 Å². The average molecular weight is 170 g/mol. The second kappa shape index (κ2) is 2.82. The molecule has 68 valence electrons. The lowest BCUT2D eigenvalue weighted by molar-refractivity contribution is -0.187. The van der Waals surface area contributed by atoms with Gasteiger partial charge >= 0.3 is 0 Å². The van der Waals surface area contributed by atoms with E-state index < -0.39 is 5.60 Å². The van der Waals surface area contributed by atoms with Gasteiger partial charge in [-0.15, -0.1) is 0 Å². The highest BCUT2D eigenvalue weighted by atomic mass is 16.6. The van der Waals surface area contributed by atoms with Crippen molar-refractivity contribution in [1.29, 1.82) is 0 Å². The third kappa shape index (κ3) is 0.930. The number of hydrogen-bond acceptors (Lipinski definition) is 3. The van der Waals surface area contributed by atoms with Crippen LogP contribution in [-0.2, 0) is 14.3 Å². The van der Waals surface area contributed by atoms with Gasteiger partial charge in [0.2, 0.25) is 0 Å².